The summed E-state index contributed by atoms with van der Waals surface area (Å²) in [5, 5.41) is 8.45. The van der Waals surface area contributed by atoms with Crippen molar-refractivity contribution in [3.8, 4) is 0 Å². The number of hydrogen-bond donors (Lipinski definition) is 2. The smallest absolute Gasteiger partial charge is 0.357 e. The SMILES string of the molecule is CCCCCCN(C(=O)C(NC(=O)[C@H]1CCCCN1C)C(C)CC)C(CC(NC(C)=O)c1nc(C(=O)OCC)cs1)C(C)C. The molecule has 1 aliphatic rings. The number of piperidine rings is 1. The third kappa shape index (κ3) is 11.1. The molecule has 0 bridgehead atoms. The first kappa shape index (κ1) is 37.7. The van der Waals surface area contributed by atoms with E-state index in [-0.39, 0.29) is 53.9 Å². The predicted molar refractivity (Wildman–Crippen MR) is 175 cm³/mol. The first-order valence-corrected chi connectivity index (χ1v) is 17.5. The van der Waals surface area contributed by atoms with Crippen molar-refractivity contribution in [2.24, 2.45) is 11.8 Å². The fraction of sp³-hybridized carbons (Fsp3) is 0.788. The van der Waals surface area contributed by atoms with Crippen LogP contribution in [0.15, 0.2) is 5.38 Å². The highest BCUT2D eigenvalue weighted by atomic mass is 32.1. The maximum atomic E-state index is 14.6. The number of nitrogens with one attached hydrogen (secondary N) is 2. The molecule has 1 fully saturated rings. The summed E-state index contributed by atoms with van der Waals surface area (Å²) in [6.07, 6.45) is 8.06. The Morgan fingerprint density at radius 2 is 1.82 bits per heavy atom. The summed E-state index contributed by atoms with van der Waals surface area (Å²) in [4.78, 5) is 61.4. The number of hydrogen-bond acceptors (Lipinski definition) is 8. The van der Waals surface area contributed by atoms with E-state index in [2.05, 4.69) is 41.3 Å². The van der Waals surface area contributed by atoms with E-state index in [1.54, 1.807) is 12.3 Å². The molecule has 0 radical (unpaired) electrons. The lowest BCUT2D eigenvalue weighted by Gasteiger charge is -2.40. The van der Waals surface area contributed by atoms with Crippen molar-refractivity contribution in [2.75, 3.05) is 26.7 Å². The van der Waals surface area contributed by atoms with Gasteiger partial charge in [0.25, 0.3) is 0 Å². The summed E-state index contributed by atoms with van der Waals surface area (Å²) in [6, 6.07) is -1.61. The molecule has 0 aromatic carbocycles. The van der Waals surface area contributed by atoms with E-state index in [4.69, 9.17) is 4.74 Å². The summed E-state index contributed by atoms with van der Waals surface area (Å²) in [7, 11) is 1.98. The predicted octanol–water partition coefficient (Wildman–Crippen LogP) is 5.34. The highest BCUT2D eigenvalue weighted by molar-refractivity contribution is 7.09. The number of aromatic nitrogens is 1. The van der Waals surface area contributed by atoms with Crippen LogP contribution in [0.4, 0.5) is 0 Å². The lowest BCUT2D eigenvalue weighted by molar-refractivity contribution is -0.142. The van der Waals surface area contributed by atoms with Gasteiger partial charge in [0.1, 0.15) is 11.0 Å². The first-order chi connectivity index (χ1) is 20.9. The third-order valence-corrected chi connectivity index (χ3v) is 9.67. The molecular formula is C33H57N5O5S. The molecule has 5 atom stereocenters. The molecule has 1 aliphatic heterocycles. The number of carbonyl (C=O) groups is 4. The number of nitrogens with zero attached hydrogens (tertiary/aromatic N) is 3. The molecule has 2 rings (SSSR count). The second-order valence-corrected chi connectivity index (χ2v) is 13.4. The first-order valence-electron chi connectivity index (χ1n) is 16.7. The summed E-state index contributed by atoms with van der Waals surface area (Å²) < 4.78 is 5.12. The van der Waals surface area contributed by atoms with Crippen molar-refractivity contribution in [3.63, 3.8) is 0 Å². The van der Waals surface area contributed by atoms with E-state index in [1.165, 1.54) is 18.3 Å². The Kier molecular flexibility index (Phi) is 16.3. The van der Waals surface area contributed by atoms with Crippen LogP contribution < -0.4 is 10.6 Å². The van der Waals surface area contributed by atoms with E-state index in [0.717, 1.165) is 57.9 Å². The van der Waals surface area contributed by atoms with Gasteiger partial charge in [-0.2, -0.15) is 0 Å². The van der Waals surface area contributed by atoms with Crippen molar-refractivity contribution in [3.05, 3.63) is 16.1 Å². The van der Waals surface area contributed by atoms with Gasteiger partial charge in [-0.05, 0) is 58.0 Å². The van der Waals surface area contributed by atoms with Crippen LogP contribution >= 0.6 is 11.3 Å². The molecule has 11 heteroatoms. The van der Waals surface area contributed by atoms with Crippen molar-refractivity contribution in [2.45, 2.75) is 130 Å². The normalized spacial score (nSPS) is 18.2. The molecule has 2 N–H and O–H groups in total. The van der Waals surface area contributed by atoms with E-state index in [9.17, 15) is 19.2 Å². The summed E-state index contributed by atoms with van der Waals surface area (Å²) in [5.41, 5.74) is 0.211. The highest BCUT2D eigenvalue weighted by Crippen LogP contribution is 2.29. The fourth-order valence-electron chi connectivity index (χ4n) is 5.88. The number of unbranched alkanes of at least 4 members (excludes halogenated alkanes) is 3. The molecule has 1 saturated heterocycles. The van der Waals surface area contributed by atoms with Gasteiger partial charge in [0.05, 0.1) is 18.7 Å². The fourth-order valence-corrected chi connectivity index (χ4v) is 6.73. The summed E-state index contributed by atoms with van der Waals surface area (Å²) in [5.74, 6) is -0.863. The maximum Gasteiger partial charge on any atom is 0.357 e. The monoisotopic (exact) mass is 635 g/mol. The topological polar surface area (TPSA) is 121 Å². The molecule has 0 spiro atoms. The van der Waals surface area contributed by atoms with Gasteiger partial charge < -0.3 is 20.3 Å². The van der Waals surface area contributed by atoms with Crippen molar-refractivity contribution >= 4 is 35.0 Å². The van der Waals surface area contributed by atoms with Gasteiger partial charge in [0, 0.05) is 24.9 Å². The van der Waals surface area contributed by atoms with Gasteiger partial charge >= 0.3 is 5.97 Å². The molecule has 250 valence electrons. The van der Waals surface area contributed by atoms with Crippen LogP contribution in [0.3, 0.4) is 0 Å². The number of rotatable bonds is 18. The average Bonchev–Trinajstić information content (AvgIpc) is 3.48. The lowest BCUT2D eigenvalue weighted by atomic mass is 9.91. The van der Waals surface area contributed by atoms with Crippen molar-refractivity contribution in [1.82, 2.24) is 25.4 Å². The van der Waals surface area contributed by atoms with E-state index in [0.29, 0.717) is 18.0 Å². The molecule has 44 heavy (non-hydrogen) atoms. The van der Waals surface area contributed by atoms with Crippen molar-refractivity contribution in [1.29, 1.82) is 0 Å². The number of likely N-dealkylation sites (tertiary alicyclic amines) is 1. The third-order valence-electron chi connectivity index (χ3n) is 8.71. The average molecular weight is 636 g/mol. The summed E-state index contributed by atoms with van der Waals surface area (Å²) in [6.45, 7) is 15.3. The van der Waals surface area contributed by atoms with Gasteiger partial charge in [-0.15, -0.1) is 11.3 Å². The standard InChI is InChI=1S/C33H57N5O5S/c1-9-12-13-15-19-38(32(41)29(23(6)10-2)36-30(40)27-17-14-16-18-37(27)8)28(22(4)5)20-25(34-24(7)39)31-35-26(21-44-31)33(42)43-11-3/h21-23,25,27-29H,9-20H2,1-8H3,(H,34,39)(H,36,40)/t23?,25?,27-,28?,29?/m1/s1. The van der Waals surface area contributed by atoms with Crippen LogP contribution in [0, 0.1) is 11.8 Å². The van der Waals surface area contributed by atoms with Gasteiger partial charge in [0.15, 0.2) is 5.69 Å². The minimum Gasteiger partial charge on any atom is -0.461 e. The van der Waals surface area contributed by atoms with E-state index >= 15 is 0 Å². The Morgan fingerprint density at radius 1 is 1.09 bits per heavy atom. The summed E-state index contributed by atoms with van der Waals surface area (Å²) >= 11 is 1.30. The van der Waals surface area contributed by atoms with Gasteiger partial charge in [-0.1, -0.05) is 66.7 Å². The van der Waals surface area contributed by atoms with Crippen LogP contribution in [0.25, 0.3) is 0 Å². The number of likely N-dealkylation sites (N-methyl/N-ethyl adjacent to an activating group) is 1. The molecule has 0 saturated carbocycles. The van der Waals surface area contributed by atoms with Crippen LogP contribution in [0.2, 0.25) is 0 Å². The number of carbonyl (C=O) groups excluding carboxylic acids is 4. The van der Waals surface area contributed by atoms with Crippen LogP contribution in [-0.2, 0) is 19.1 Å². The Labute approximate surface area is 269 Å². The Morgan fingerprint density at radius 3 is 2.41 bits per heavy atom. The van der Waals surface area contributed by atoms with E-state index in [1.807, 2.05) is 25.8 Å². The zero-order valence-electron chi connectivity index (χ0n) is 28.3. The molecule has 3 amide bonds. The minimum absolute atomic E-state index is 0.0523. The second-order valence-electron chi connectivity index (χ2n) is 12.5. The zero-order valence-corrected chi connectivity index (χ0v) is 29.1. The second kappa shape index (κ2) is 19.1. The molecule has 1 aromatic heterocycles. The van der Waals surface area contributed by atoms with Gasteiger partial charge in [-0.3, -0.25) is 19.3 Å². The quantitative estimate of drug-likeness (QED) is 0.165. The van der Waals surface area contributed by atoms with E-state index < -0.39 is 18.1 Å². The van der Waals surface area contributed by atoms with Crippen molar-refractivity contribution < 1.29 is 23.9 Å². The minimum atomic E-state index is -0.648. The molecule has 10 nitrogen and oxygen atoms in total. The molecule has 4 unspecified atom stereocenters. The lowest BCUT2D eigenvalue weighted by Crippen LogP contribution is -2.59. The molecule has 0 aliphatic carbocycles. The highest BCUT2D eigenvalue weighted by Gasteiger charge is 2.38. The van der Waals surface area contributed by atoms with Crippen LogP contribution in [-0.4, -0.2) is 83.3 Å². The van der Waals surface area contributed by atoms with Gasteiger partial charge in [0.2, 0.25) is 17.7 Å². The van der Waals surface area contributed by atoms with Crippen LogP contribution in [0.1, 0.15) is 128 Å². The Hall–Kier alpha value is -2.53. The zero-order chi connectivity index (χ0) is 32.8. The van der Waals surface area contributed by atoms with Crippen LogP contribution in [0.5, 0.6) is 0 Å². The number of ether oxygens (including phenoxy) is 1. The van der Waals surface area contributed by atoms with Gasteiger partial charge in [-0.25, -0.2) is 9.78 Å². The molecule has 2 heterocycles. The Balaban J connectivity index is 2.44. The maximum absolute atomic E-state index is 14.6. The number of esters is 1. The molecular weight excluding hydrogens is 578 g/mol. The molecule has 1 aromatic rings. The Bertz CT molecular complexity index is 1060. The number of amides is 3. The largest absolute Gasteiger partial charge is 0.461 e. The number of thiazole rings is 1.